The molecule has 2 saturated heterocycles. The first kappa shape index (κ1) is 18.2. The first-order chi connectivity index (χ1) is 11.7. The minimum Gasteiger partial charge on any atom is -0.285 e. The highest BCUT2D eigenvalue weighted by Crippen LogP contribution is 2.27. The quantitative estimate of drug-likeness (QED) is 0.735. The van der Waals surface area contributed by atoms with E-state index in [-0.39, 0.29) is 30.1 Å². The molecule has 2 aliphatic heterocycles. The van der Waals surface area contributed by atoms with E-state index in [1.165, 1.54) is 9.80 Å². The van der Waals surface area contributed by atoms with Crippen molar-refractivity contribution in [2.24, 2.45) is 0 Å². The number of nitrogens with zero attached hydrogens (tertiary/aromatic N) is 3. The van der Waals surface area contributed by atoms with Crippen LogP contribution in [0.5, 0.6) is 0 Å². The predicted molar refractivity (Wildman–Crippen MR) is 95.3 cm³/mol. The molecule has 9 heteroatoms. The van der Waals surface area contributed by atoms with Crippen molar-refractivity contribution < 1.29 is 18.0 Å². The Morgan fingerprint density at radius 3 is 2.44 bits per heavy atom. The van der Waals surface area contributed by atoms with Crippen LogP contribution in [0, 0.1) is 0 Å². The molecular formula is C16H20ClN3O4S. The number of imide groups is 1. The Labute approximate surface area is 152 Å². The molecule has 2 aliphatic rings. The van der Waals surface area contributed by atoms with Crippen LogP contribution in [-0.2, 0) is 14.6 Å². The molecule has 0 spiro atoms. The zero-order valence-electron chi connectivity index (χ0n) is 14.1. The Kier molecular flexibility index (Phi) is 4.78. The first-order valence-corrected chi connectivity index (χ1v) is 10.2. The Morgan fingerprint density at radius 2 is 1.88 bits per heavy atom. The molecule has 0 aliphatic carbocycles. The maximum absolute atomic E-state index is 12.7. The predicted octanol–water partition coefficient (Wildman–Crippen LogP) is 1.57. The number of anilines is 1. The molecule has 0 radical (unpaired) electrons. The number of rotatable bonds is 4. The minimum atomic E-state index is -3.02. The third kappa shape index (κ3) is 3.51. The Morgan fingerprint density at radius 1 is 1.24 bits per heavy atom. The number of hydrogen-bond acceptors (Lipinski definition) is 5. The summed E-state index contributed by atoms with van der Waals surface area (Å²) < 4.78 is 23.3. The molecule has 1 aromatic rings. The number of carbonyl (C=O) groups excluding carboxylic acids is 2. The summed E-state index contributed by atoms with van der Waals surface area (Å²) in [4.78, 5) is 29.6. The van der Waals surface area contributed by atoms with E-state index in [2.05, 4.69) is 0 Å². The van der Waals surface area contributed by atoms with Crippen molar-refractivity contribution in [3.63, 3.8) is 0 Å². The summed E-state index contributed by atoms with van der Waals surface area (Å²) in [6.07, 6.45) is 0.519. The average molecular weight is 386 g/mol. The van der Waals surface area contributed by atoms with E-state index in [1.807, 2.05) is 0 Å². The Hall–Kier alpha value is -1.64. The smallest absolute Gasteiger partial charge is 0.285 e. The van der Waals surface area contributed by atoms with Crippen molar-refractivity contribution in [1.29, 1.82) is 0 Å². The number of urea groups is 1. The normalized spacial score (nSPS) is 26.1. The molecule has 0 unspecified atom stereocenters. The van der Waals surface area contributed by atoms with Gasteiger partial charge in [-0.05, 0) is 44.7 Å². The lowest BCUT2D eigenvalue weighted by Crippen LogP contribution is -2.45. The van der Waals surface area contributed by atoms with Crippen LogP contribution in [0.4, 0.5) is 10.5 Å². The molecular weight excluding hydrogens is 366 g/mol. The molecule has 7 nitrogen and oxygen atoms in total. The summed E-state index contributed by atoms with van der Waals surface area (Å²) in [7, 11) is -1.28. The molecule has 136 valence electrons. The largest absolute Gasteiger partial charge is 0.333 e. The summed E-state index contributed by atoms with van der Waals surface area (Å²) >= 11 is 5.88. The molecule has 3 rings (SSSR count). The molecule has 2 fully saturated rings. The van der Waals surface area contributed by atoms with Gasteiger partial charge in [-0.3, -0.25) is 14.6 Å². The van der Waals surface area contributed by atoms with E-state index in [0.717, 1.165) is 0 Å². The van der Waals surface area contributed by atoms with Crippen LogP contribution in [0.1, 0.15) is 13.3 Å². The van der Waals surface area contributed by atoms with Gasteiger partial charge in [-0.2, -0.15) is 0 Å². The van der Waals surface area contributed by atoms with Gasteiger partial charge in [-0.1, -0.05) is 11.6 Å². The van der Waals surface area contributed by atoms with Crippen molar-refractivity contribution in [1.82, 2.24) is 9.80 Å². The van der Waals surface area contributed by atoms with Gasteiger partial charge in [0.2, 0.25) is 0 Å². The van der Waals surface area contributed by atoms with Gasteiger partial charge in [-0.15, -0.1) is 0 Å². The van der Waals surface area contributed by atoms with Gasteiger partial charge in [0.05, 0.1) is 18.2 Å². The fourth-order valence-corrected chi connectivity index (χ4v) is 5.18. The van der Waals surface area contributed by atoms with Crippen LogP contribution in [0.3, 0.4) is 0 Å². The summed E-state index contributed by atoms with van der Waals surface area (Å²) in [6, 6.07) is 5.52. The van der Waals surface area contributed by atoms with Crippen LogP contribution in [0.25, 0.3) is 0 Å². The molecule has 2 atom stereocenters. The lowest BCUT2D eigenvalue weighted by molar-refractivity contribution is -0.128. The summed E-state index contributed by atoms with van der Waals surface area (Å²) in [5.41, 5.74) is 0.601. The standard InChI is InChI=1S/C16H20ClN3O4S/c1-11-15(21)19(10-18(2)14-7-8-25(23,24)9-14)16(22)20(11)13-5-3-12(17)4-6-13/h3-6,11,14H,7-10H2,1-2H3/t11-,14+/m0/s1. The van der Waals surface area contributed by atoms with Gasteiger partial charge < -0.3 is 0 Å². The van der Waals surface area contributed by atoms with Gasteiger partial charge in [0.25, 0.3) is 5.91 Å². The molecule has 3 amide bonds. The number of benzene rings is 1. The van der Waals surface area contributed by atoms with Crippen LogP contribution in [0.15, 0.2) is 24.3 Å². The Balaban J connectivity index is 1.75. The van der Waals surface area contributed by atoms with Crippen molar-refractivity contribution in [3.05, 3.63) is 29.3 Å². The van der Waals surface area contributed by atoms with Crippen molar-refractivity contribution in [3.8, 4) is 0 Å². The van der Waals surface area contributed by atoms with Gasteiger partial charge >= 0.3 is 6.03 Å². The highest BCUT2D eigenvalue weighted by molar-refractivity contribution is 7.91. The first-order valence-electron chi connectivity index (χ1n) is 8.00. The zero-order valence-corrected chi connectivity index (χ0v) is 15.6. The SMILES string of the molecule is C[C@H]1C(=O)N(CN(C)[C@@H]2CCS(=O)(=O)C2)C(=O)N1c1ccc(Cl)cc1. The van der Waals surface area contributed by atoms with Crippen molar-refractivity contribution in [2.75, 3.05) is 30.1 Å². The summed E-state index contributed by atoms with van der Waals surface area (Å²) in [6.45, 7) is 1.75. The molecule has 0 saturated carbocycles. The lowest BCUT2D eigenvalue weighted by Gasteiger charge is -2.27. The van der Waals surface area contributed by atoms with E-state index >= 15 is 0 Å². The number of carbonyl (C=O) groups is 2. The van der Waals surface area contributed by atoms with Crippen molar-refractivity contribution in [2.45, 2.75) is 25.4 Å². The third-order valence-electron chi connectivity index (χ3n) is 4.75. The van der Waals surface area contributed by atoms with E-state index in [4.69, 9.17) is 11.6 Å². The van der Waals surface area contributed by atoms with Crippen molar-refractivity contribution >= 4 is 39.1 Å². The van der Waals surface area contributed by atoms with Gasteiger partial charge in [0.1, 0.15) is 6.04 Å². The number of amides is 3. The molecule has 0 bridgehead atoms. The monoisotopic (exact) mass is 385 g/mol. The molecule has 0 aromatic heterocycles. The van der Waals surface area contributed by atoms with E-state index < -0.39 is 21.9 Å². The zero-order chi connectivity index (χ0) is 18.4. The maximum Gasteiger partial charge on any atom is 0.333 e. The molecule has 2 heterocycles. The van der Waals surface area contributed by atoms with E-state index in [0.29, 0.717) is 17.1 Å². The average Bonchev–Trinajstić information content (AvgIpc) is 3.01. The van der Waals surface area contributed by atoms with Crippen LogP contribution in [0.2, 0.25) is 5.02 Å². The van der Waals surface area contributed by atoms with Gasteiger partial charge in [0.15, 0.2) is 9.84 Å². The molecule has 0 N–H and O–H groups in total. The van der Waals surface area contributed by atoms with E-state index in [9.17, 15) is 18.0 Å². The van der Waals surface area contributed by atoms with Crippen LogP contribution < -0.4 is 4.90 Å². The maximum atomic E-state index is 12.7. The highest BCUT2D eigenvalue weighted by atomic mass is 35.5. The second-order valence-corrected chi connectivity index (χ2v) is 9.19. The number of halogens is 1. The lowest BCUT2D eigenvalue weighted by atomic mass is 10.2. The third-order valence-corrected chi connectivity index (χ3v) is 6.75. The van der Waals surface area contributed by atoms with Gasteiger partial charge in [0, 0.05) is 16.8 Å². The number of sulfone groups is 1. The second-order valence-electron chi connectivity index (χ2n) is 6.53. The molecule has 25 heavy (non-hydrogen) atoms. The minimum absolute atomic E-state index is 0.0656. The summed E-state index contributed by atoms with van der Waals surface area (Å²) in [5.74, 6) is -0.0828. The Bertz CT molecular complexity index is 796. The summed E-state index contributed by atoms with van der Waals surface area (Å²) in [5, 5.41) is 0.549. The van der Waals surface area contributed by atoms with Gasteiger partial charge in [-0.25, -0.2) is 18.1 Å². The van der Waals surface area contributed by atoms with Crippen LogP contribution in [-0.4, -0.2) is 67.5 Å². The second kappa shape index (κ2) is 6.59. The highest BCUT2D eigenvalue weighted by Gasteiger charge is 2.44. The number of hydrogen-bond donors (Lipinski definition) is 0. The topological polar surface area (TPSA) is 78.0 Å². The van der Waals surface area contributed by atoms with E-state index in [1.54, 1.807) is 43.1 Å². The fourth-order valence-electron chi connectivity index (χ4n) is 3.25. The fraction of sp³-hybridized carbons (Fsp3) is 0.500. The molecule has 1 aromatic carbocycles. The van der Waals surface area contributed by atoms with Crippen LogP contribution >= 0.6 is 11.6 Å².